The second-order valence-corrected chi connectivity index (χ2v) is 4.98. The summed E-state index contributed by atoms with van der Waals surface area (Å²) in [5, 5.41) is 3.16. The van der Waals surface area contributed by atoms with E-state index in [1.54, 1.807) is 12.1 Å². The minimum absolute atomic E-state index is 0.253. The molecule has 0 bridgehead atoms. The molecule has 1 aromatic heterocycles. The normalized spacial score (nSPS) is 10.9. The SMILES string of the molecule is COC(=O)c1ccc(N)c(NCCCN(C)C(C)C)n1. The quantitative estimate of drug-likeness (QED) is 0.583. The van der Waals surface area contributed by atoms with Crippen LogP contribution in [0.1, 0.15) is 30.8 Å². The van der Waals surface area contributed by atoms with Gasteiger partial charge < -0.3 is 20.7 Å². The van der Waals surface area contributed by atoms with Gasteiger partial charge in [0.05, 0.1) is 12.8 Å². The number of hydrogen-bond acceptors (Lipinski definition) is 6. The zero-order valence-corrected chi connectivity index (χ0v) is 12.6. The summed E-state index contributed by atoms with van der Waals surface area (Å²) >= 11 is 0. The fourth-order valence-electron chi connectivity index (χ4n) is 1.62. The van der Waals surface area contributed by atoms with Crippen molar-refractivity contribution < 1.29 is 9.53 Å². The lowest BCUT2D eigenvalue weighted by Gasteiger charge is -2.20. The number of pyridine rings is 1. The van der Waals surface area contributed by atoms with Crippen LogP contribution in [-0.4, -0.2) is 49.1 Å². The summed E-state index contributed by atoms with van der Waals surface area (Å²) in [6.07, 6.45) is 0.970. The molecule has 1 heterocycles. The number of aromatic nitrogens is 1. The molecule has 20 heavy (non-hydrogen) atoms. The van der Waals surface area contributed by atoms with Gasteiger partial charge in [0, 0.05) is 12.6 Å². The molecule has 0 spiro atoms. The Bertz CT molecular complexity index is 449. The Kier molecular flexibility index (Phi) is 6.24. The first-order valence-electron chi connectivity index (χ1n) is 6.74. The summed E-state index contributed by atoms with van der Waals surface area (Å²) < 4.78 is 4.64. The van der Waals surface area contributed by atoms with Gasteiger partial charge in [0.2, 0.25) is 0 Å². The highest BCUT2D eigenvalue weighted by atomic mass is 16.5. The van der Waals surface area contributed by atoms with Gasteiger partial charge in [0.15, 0.2) is 5.69 Å². The smallest absolute Gasteiger partial charge is 0.356 e. The molecular weight excluding hydrogens is 256 g/mol. The van der Waals surface area contributed by atoms with Crippen LogP contribution in [0.5, 0.6) is 0 Å². The van der Waals surface area contributed by atoms with Crippen LogP contribution in [0.2, 0.25) is 0 Å². The summed E-state index contributed by atoms with van der Waals surface area (Å²) in [5.74, 6) is 0.0627. The molecule has 0 atom stereocenters. The third kappa shape index (κ3) is 4.70. The number of nitrogens with one attached hydrogen (secondary N) is 1. The molecule has 3 N–H and O–H groups in total. The summed E-state index contributed by atoms with van der Waals surface area (Å²) in [6, 6.07) is 3.74. The highest BCUT2D eigenvalue weighted by Gasteiger charge is 2.10. The van der Waals surface area contributed by atoms with Gasteiger partial charge in [0.1, 0.15) is 5.82 Å². The van der Waals surface area contributed by atoms with Gasteiger partial charge in [0.25, 0.3) is 0 Å². The van der Waals surface area contributed by atoms with Crippen LogP contribution < -0.4 is 11.1 Å². The van der Waals surface area contributed by atoms with Crippen molar-refractivity contribution in [2.45, 2.75) is 26.3 Å². The van der Waals surface area contributed by atoms with E-state index in [0.717, 1.165) is 19.5 Å². The van der Waals surface area contributed by atoms with Crippen molar-refractivity contribution in [3.8, 4) is 0 Å². The average molecular weight is 280 g/mol. The molecule has 0 saturated carbocycles. The highest BCUT2D eigenvalue weighted by molar-refractivity contribution is 5.88. The lowest BCUT2D eigenvalue weighted by atomic mass is 10.3. The van der Waals surface area contributed by atoms with Gasteiger partial charge in [-0.2, -0.15) is 0 Å². The van der Waals surface area contributed by atoms with Gasteiger partial charge in [-0.3, -0.25) is 0 Å². The van der Waals surface area contributed by atoms with Crippen LogP contribution in [0.25, 0.3) is 0 Å². The number of ether oxygens (including phenoxy) is 1. The fourth-order valence-corrected chi connectivity index (χ4v) is 1.62. The van der Waals surface area contributed by atoms with Crippen molar-refractivity contribution in [3.63, 3.8) is 0 Å². The Labute approximate surface area is 120 Å². The summed E-state index contributed by atoms with van der Waals surface area (Å²) in [6.45, 7) is 6.06. The van der Waals surface area contributed by atoms with Crippen molar-refractivity contribution in [1.29, 1.82) is 0 Å². The third-order valence-electron chi connectivity index (χ3n) is 3.18. The van der Waals surface area contributed by atoms with Crippen molar-refractivity contribution >= 4 is 17.5 Å². The number of anilines is 2. The van der Waals surface area contributed by atoms with E-state index >= 15 is 0 Å². The molecule has 0 amide bonds. The first-order chi connectivity index (χ1) is 9.45. The Balaban J connectivity index is 2.53. The van der Waals surface area contributed by atoms with Gasteiger partial charge >= 0.3 is 5.97 Å². The van der Waals surface area contributed by atoms with E-state index in [2.05, 4.69) is 40.8 Å². The van der Waals surface area contributed by atoms with Crippen LogP contribution in [0.4, 0.5) is 11.5 Å². The van der Waals surface area contributed by atoms with Crippen molar-refractivity contribution in [2.75, 3.05) is 38.3 Å². The lowest BCUT2D eigenvalue weighted by molar-refractivity contribution is 0.0594. The van der Waals surface area contributed by atoms with E-state index in [4.69, 9.17) is 5.73 Å². The van der Waals surface area contributed by atoms with Crippen LogP contribution >= 0.6 is 0 Å². The maximum atomic E-state index is 11.4. The number of carbonyl (C=O) groups excluding carboxylic acids is 1. The number of carbonyl (C=O) groups is 1. The predicted octanol–water partition coefficient (Wildman–Crippen LogP) is 1.59. The summed E-state index contributed by atoms with van der Waals surface area (Å²) in [4.78, 5) is 17.8. The maximum absolute atomic E-state index is 11.4. The van der Waals surface area contributed by atoms with Crippen molar-refractivity contribution in [3.05, 3.63) is 17.8 Å². The molecule has 1 rings (SSSR count). The summed E-state index contributed by atoms with van der Waals surface area (Å²) in [7, 11) is 3.42. The van der Waals surface area contributed by atoms with E-state index < -0.39 is 5.97 Å². The first kappa shape index (κ1) is 16.2. The molecule has 0 aromatic carbocycles. The van der Waals surface area contributed by atoms with Gasteiger partial charge in [-0.05, 0) is 46.0 Å². The summed E-state index contributed by atoms with van der Waals surface area (Å²) in [5.41, 5.74) is 6.61. The molecule has 0 aliphatic carbocycles. The van der Waals surface area contributed by atoms with Crippen LogP contribution in [0, 0.1) is 0 Å². The number of nitrogen functional groups attached to an aromatic ring is 1. The number of nitrogens with zero attached hydrogens (tertiary/aromatic N) is 2. The molecule has 0 aliphatic rings. The van der Waals surface area contributed by atoms with E-state index in [1.165, 1.54) is 7.11 Å². The maximum Gasteiger partial charge on any atom is 0.356 e. The van der Waals surface area contributed by atoms with Crippen LogP contribution in [-0.2, 0) is 4.74 Å². The Morgan fingerprint density at radius 2 is 2.20 bits per heavy atom. The molecule has 0 unspecified atom stereocenters. The van der Waals surface area contributed by atoms with E-state index in [1.807, 2.05) is 0 Å². The first-order valence-corrected chi connectivity index (χ1v) is 6.74. The number of hydrogen-bond donors (Lipinski definition) is 2. The Hall–Kier alpha value is -1.82. The molecule has 6 nitrogen and oxygen atoms in total. The van der Waals surface area contributed by atoms with E-state index in [0.29, 0.717) is 17.5 Å². The van der Waals surface area contributed by atoms with Gasteiger partial charge in [-0.15, -0.1) is 0 Å². The lowest BCUT2D eigenvalue weighted by Crippen LogP contribution is -2.28. The molecule has 0 aliphatic heterocycles. The van der Waals surface area contributed by atoms with E-state index in [9.17, 15) is 4.79 Å². The minimum Gasteiger partial charge on any atom is -0.464 e. The molecule has 1 aromatic rings. The van der Waals surface area contributed by atoms with Gasteiger partial charge in [-0.25, -0.2) is 9.78 Å². The number of methoxy groups -OCH3 is 1. The minimum atomic E-state index is -0.465. The van der Waals surface area contributed by atoms with Crippen LogP contribution in [0.15, 0.2) is 12.1 Å². The Morgan fingerprint density at radius 3 is 2.80 bits per heavy atom. The van der Waals surface area contributed by atoms with Crippen LogP contribution in [0.3, 0.4) is 0 Å². The molecule has 6 heteroatoms. The van der Waals surface area contributed by atoms with Crippen molar-refractivity contribution in [2.24, 2.45) is 0 Å². The average Bonchev–Trinajstić information content (AvgIpc) is 2.43. The molecule has 0 radical (unpaired) electrons. The molecule has 112 valence electrons. The highest BCUT2D eigenvalue weighted by Crippen LogP contribution is 2.16. The second kappa shape index (κ2) is 7.69. The van der Waals surface area contributed by atoms with Crippen molar-refractivity contribution in [1.82, 2.24) is 9.88 Å². The van der Waals surface area contributed by atoms with Gasteiger partial charge in [-0.1, -0.05) is 0 Å². The number of rotatable bonds is 7. The Morgan fingerprint density at radius 1 is 1.50 bits per heavy atom. The van der Waals surface area contributed by atoms with E-state index in [-0.39, 0.29) is 5.69 Å². The third-order valence-corrected chi connectivity index (χ3v) is 3.18. The zero-order chi connectivity index (χ0) is 15.1. The molecular formula is C14H24N4O2. The number of esters is 1. The molecule has 0 saturated heterocycles. The monoisotopic (exact) mass is 280 g/mol. The fraction of sp³-hybridized carbons (Fsp3) is 0.571. The standard InChI is InChI=1S/C14H24N4O2/c1-10(2)18(3)9-5-8-16-13-11(15)6-7-12(17-13)14(19)20-4/h6-7,10H,5,8-9,15H2,1-4H3,(H,16,17). The largest absolute Gasteiger partial charge is 0.464 e. The number of nitrogens with two attached hydrogens (primary N) is 1. The second-order valence-electron chi connectivity index (χ2n) is 4.98. The molecule has 0 fully saturated rings. The zero-order valence-electron chi connectivity index (χ0n) is 12.6. The topological polar surface area (TPSA) is 80.5 Å². The predicted molar refractivity (Wildman–Crippen MR) is 80.9 cm³/mol.